The molecule has 0 fully saturated rings. The maximum Gasteiger partial charge on any atom is 0.122 e. The van der Waals surface area contributed by atoms with Crippen LogP contribution in [0.4, 0.5) is 5.69 Å². The molecule has 1 aromatic carbocycles. The molecule has 0 aliphatic carbocycles. The van der Waals surface area contributed by atoms with Gasteiger partial charge in [0.2, 0.25) is 0 Å². The Morgan fingerprint density at radius 1 is 1.12 bits per heavy atom. The van der Waals surface area contributed by atoms with Crippen molar-refractivity contribution in [3.8, 4) is 5.75 Å². The maximum atomic E-state index is 9.66. The van der Waals surface area contributed by atoms with Crippen LogP contribution in [0.15, 0.2) is 42.7 Å². The molecule has 88 valence electrons. The Kier molecular flexibility index (Phi) is 3.57. The Morgan fingerprint density at radius 2 is 1.88 bits per heavy atom. The van der Waals surface area contributed by atoms with Crippen LogP contribution >= 0.6 is 0 Å². The average Bonchev–Trinajstić information content (AvgIpc) is 2.34. The number of nitrogens with zero attached hydrogens (tertiary/aromatic N) is 1. The first-order valence-corrected chi connectivity index (χ1v) is 5.43. The second kappa shape index (κ2) is 5.32. The fourth-order valence-corrected chi connectivity index (χ4v) is 1.62. The molecule has 0 amide bonds. The summed E-state index contributed by atoms with van der Waals surface area (Å²) in [6.07, 6.45) is 3.51. The molecule has 0 saturated carbocycles. The van der Waals surface area contributed by atoms with Crippen molar-refractivity contribution >= 4 is 5.69 Å². The first-order valence-electron chi connectivity index (χ1n) is 5.43. The molecule has 4 nitrogen and oxygen atoms in total. The molecule has 0 bridgehead atoms. The summed E-state index contributed by atoms with van der Waals surface area (Å²) in [7, 11) is 0. The van der Waals surface area contributed by atoms with E-state index in [2.05, 4.69) is 10.3 Å². The van der Waals surface area contributed by atoms with Crippen molar-refractivity contribution < 1.29 is 5.11 Å². The van der Waals surface area contributed by atoms with E-state index in [1.807, 2.05) is 12.1 Å². The number of pyridine rings is 1. The van der Waals surface area contributed by atoms with Crippen LogP contribution in [0.2, 0.25) is 0 Å². The smallest absolute Gasteiger partial charge is 0.122 e. The Bertz CT molecular complexity index is 465. The van der Waals surface area contributed by atoms with Gasteiger partial charge in [-0.15, -0.1) is 0 Å². The van der Waals surface area contributed by atoms with Crippen LogP contribution in [0.5, 0.6) is 5.75 Å². The summed E-state index contributed by atoms with van der Waals surface area (Å²) < 4.78 is 0. The van der Waals surface area contributed by atoms with Crippen molar-refractivity contribution in [2.75, 3.05) is 5.73 Å². The number of aromatic nitrogens is 1. The van der Waals surface area contributed by atoms with Gasteiger partial charge in [-0.25, -0.2) is 0 Å². The highest BCUT2D eigenvalue weighted by Crippen LogP contribution is 2.22. The van der Waals surface area contributed by atoms with Gasteiger partial charge in [0.25, 0.3) is 0 Å². The van der Waals surface area contributed by atoms with Gasteiger partial charge in [0.15, 0.2) is 0 Å². The molecule has 0 radical (unpaired) electrons. The number of nitrogens with two attached hydrogens (primary N) is 1. The van der Waals surface area contributed by atoms with Crippen molar-refractivity contribution in [2.45, 2.75) is 13.1 Å². The number of phenolic OH excluding ortho intramolecular Hbond substituents is 1. The van der Waals surface area contributed by atoms with Crippen molar-refractivity contribution in [3.05, 3.63) is 53.9 Å². The number of nitrogen functional groups attached to an aromatic ring is 1. The van der Waals surface area contributed by atoms with Gasteiger partial charge in [-0.2, -0.15) is 0 Å². The highest BCUT2D eigenvalue weighted by molar-refractivity contribution is 5.53. The zero-order chi connectivity index (χ0) is 12.1. The molecule has 17 heavy (non-hydrogen) atoms. The summed E-state index contributed by atoms with van der Waals surface area (Å²) in [5.41, 5.74) is 8.28. The lowest BCUT2D eigenvalue weighted by Crippen LogP contribution is -2.14. The lowest BCUT2D eigenvalue weighted by atomic mass is 10.1. The van der Waals surface area contributed by atoms with Crippen molar-refractivity contribution in [2.24, 2.45) is 0 Å². The molecular formula is C13H15N3O. The van der Waals surface area contributed by atoms with Gasteiger partial charge < -0.3 is 16.2 Å². The van der Waals surface area contributed by atoms with E-state index in [9.17, 15) is 5.11 Å². The Labute approximate surface area is 100 Å². The number of hydrogen-bond acceptors (Lipinski definition) is 4. The van der Waals surface area contributed by atoms with Crippen LogP contribution in [0.25, 0.3) is 0 Å². The summed E-state index contributed by atoms with van der Waals surface area (Å²) in [5, 5.41) is 12.9. The lowest BCUT2D eigenvalue weighted by molar-refractivity contribution is 0.465. The summed E-state index contributed by atoms with van der Waals surface area (Å²) in [6, 6.07) is 9.04. The van der Waals surface area contributed by atoms with E-state index in [1.54, 1.807) is 30.6 Å². The molecule has 1 heterocycles. The number of hydrogen-bond donors (Lipinski definition) is 3. The zero-order valence-electron chi connectivity index (χ0n) is 9.43. The first-order chi connectivity index (χ1) is 8.27. The van der Waals surface area contributed by atoms with E-state index in [1.165, 1.54) is 0 Å². The highest BCUT2D eigenvalue weighted by Gasteiger charge is 2.04. The Balaban J connectivity index is 1.95. The summed E-state index contributed by atoms with van der Waals surface area (Å²) in [6.45, 7) is 1.26. The van der Waals surface area contributed by atoms with E-state index in [-0.39, 0.29) is 5.75 Å². The van der Waals surface area contributed by atoms with E-state index < -0.39 is 0 Å². The molecule has 0 saturated heterocycles. The topological polar surface area (TPSA) is 71.2 Å². The molecule has 0 unspecified atom stereocenters. The van der Waals surface area contributed by atoms with E-state index >= 15 is 0 Å². The predicted molar refractivity (Wildman–Crippen MR) is 67.3 cm³/mol. The molecule has 2 rings (SSSR count). The SMILES string of the molecule is Nc1cccc(O)c1CNCc1ccncc1. The molecular weight excluding hydrogens is 214 g/mol. The molecule has 4 heteroatoms. The van der Waals surface area contributed by atoms with Gasteiger partial charge in [0.1, 0.15) is 5.75 Å². The predicted octanol–water partition coefficient (Wildman–Crippen LogP) is 1.66. The average molecular weight is 229 g/mol. The molecule has 4 N–H and O–H groups in total. The van der Waals surface area contributed by atoms with Crippen LogP contribution in [0, 0.1) is 0 Å². The number of nitrogens with one attached hydrogen (secondary N) is 1. The van der Waals surface area contributed by atoms with Crippen LogP contribution in [-0.2, 0) is 13.1 Å². The number of rotatable bonds is 4. The maximum absolute atomic E-state index is 9.66. The van der Waals surface area contributed by atoms with Gasteiger partial charge in [-0.05, 0) is 29.8 Å². The monoisotopic (exact) mass is 229 g/mol. The second-order valence-electron chi connectivity index (χ2n) is 3.80. The van der Waals surface area contributed by atoms with Crippen LogP contribution in [0.3, 0.4) is 0 Å². The van der Waals surface area contributed by atoms with Gasteiger partial charge in [-0.3, -0.25) is 4.98 Å². The quantitative estimate of drug-likeness (QED) is 0.697. The first kappa shape index (κ1) is 11.4. The number of benzene rings is 1. The van der Waals surface area contributed by atoms with Gasteiger partial charge >= 0.3 is 0 Å². The molecule has 0 aliphatic heterocycles. The fraction of sp³-hybridized carbons (Fsp3) is 0.154. The van der Waals surface area contributed by atoms with Crippen LogP contribution in [0.1, 0.15) is 11.1 Å². The minimum Gasteiger partial charge on any atom is -0.508 e. The third-order valence-electron chi connectivity index (χ3n) is 2.57. The number of phenols is 1. The Hall–Kier alpha value is -2.07. The molecule has 0 aliphatic rings. The molecule has 2 aromatic rings. The van der Waals surface area contributed by atoms with Crippen LogP contribution < -0.4 is 11.1 Å². The fourth-order valence-electron chi connectivity index (χ4n) is 1.62. The van der Waals surface area contributed by atoms with Gasteiger partial charge in [0.05, 0.1) is 0 Å². The molecule has 0 spiro atoms. The number of anilines is 1. The minimum absolute atomic E-state index is 0.229. The van der Waals surface area contributed by atoms with Gasteiger partial charge in [0, 0.05) is 36.7 Å². The molecule has 0 atom stereocenters. The van der Waals surface area contributed by atoms with E-state index in [0.717, 1.165) is 17.7 Å². The minimum atomic E-state index is 0.229. The zero-order valence-corrected chi connectivity index (χ0v) is 9.43. The summed E-state index contributed by atoms with van der Waals surface area (Å²) in [5.74, 6) is 0.229. The lowest BCUT2D eigenvalue weighted by Gasteiger charge is -2.09. The third kappa shape index (κ3) is 2.95. The van der Waals surface area contributed by atoms with Crippen LogP contribution in [-0.4, -0.2) is 10.1 Å². The Morgan fingerprint density at radius 3 is 2.59 bits per heavy atom. The van der Waals surface area contributed by atoms with Crippen molar-refractivity contribution in [3.63, 3.8) is 0 Å². The van der Waals surface area contributed by atoms with Crippen molar-refractivity contribution in [1.82, 2.24) is 10.3 Å². The largest absolute Gasteiger partial charge is 0.508 e. The summed E-state index contributed by atoms with van der Waals surface area (Å²) >= 11 is 0. The second-order valence-corrected chi connectivity index (χ2v) is 3.80. The third-order valence-corrected chi connectivity index (χ3v) is 2.57. The normalized spacial score (nSPS) is 10.4. The molecule has 1 aromatic heterocycles. The van der Waals surface area contributed by atoms with E-state index in [4.69, 9.17) is 5.73 Å². The summed E-state index contributed by atoms with van der Waals surface area (Å²) in [4.78, 5) is 3.95. The standard InChI is InChI=1S/C13H15N3O/c14-12-2-1-3-13(17)11(12)9-16-8-10-4-6-15-7-5-10/h1-7,16-17H,8-9,14H2. The number of aromatic hydroxyl groups is 1. The van der Waals surface area contributed by atoms with Gasteiger partial charge in [-0.1, -0.05) is 6.07 Å². The highest BCUT2D eigenvalue weighted by atomic mass is 16.3. The van der Waals surface area contributed by atoms with E-state index in [0.29, 0.717) is 12.2 Å². The van der Waals surface area contributed by atoms with Crippen molar-refractivity contribution in [1.29, 1.82) is 0 Å².